The van der Waals surface area contributed by atoms with Crippen molar-refractivity contribution < 1.29 is 9.53 Å². The summed E-state index contributed by atoms with van der Waals surface area (Å²) in [6.45, 7) is 5.43. The molecule has 1 aliphatic heterocycles. The molecule has 0 aromatic carbocycles. The molecule has 1 amide bonds. The fourth-order valence-electron chi connectivity index (χ4n) is 2.25. The molecule has 1 aromatic heterocycles. The van der Waals surface area contributed by atoms with Crippen LogP contribution < -0.4 is 10.6 Å². The molecule has 1 aromatic rings. The number of amides is 1. The number of carbonyl (C=O) groups is 1. The fraction of sp³-hybridized carbons (Fsp3) is 0.571. The van der Waals surface area contributed by atoms with Crippen molar-refractivity contribution in [1.82, 2.24) is 10.3 Å². The van der Waals surface area contributed by atoms with E-state index < -0.39 is 0 Å². The van der Waals surface area contributed by atoms with Crippen LogP contribution in [0.1, 0.15) is 37.2 Å². The number of ether oxygens (including phenoxy) is 1. The first-order valence-corrected chi connectivity index (χ1v) is 6.83. The normalized spacial score (nSPS) is 20.0. The van der Waals surface area contributed by atoms with Crippen LogP contribution >= 0.6 is 0 Å². The number of pyridine rings is 1. The van der Waals surface area contributed by atoms with Gasteiger partial charge in [0.2, 0.25) is 0 Å². The Morgan fingerprint density at radius 3 is 3.16 bits per heavy atom. The fourth-order valence-corrected chi connectivity index (χ4v) is 2.25. The van der Waals surface area contributed by atoms with Crippen molar-refractivity contribution in [2.45, 2.75) is 38.8 Å². The number of hydrogen-bond acceptors (Lipinski definition) is 4. The first-order chi connectivity index (χ1) is 9.20. The predicted octanol–water partition coefficient (Wildman–Crippen LogP) is 1.81. The van der Waals surface area contributed by atoms with Crippen molar-refractivity contribution in [2.24, 2.45) is 0 Å². The maximum Gasteiger partial charge on any atom is 0.269 e. The van der Waals surface area contributed by atoms with Crippen LogP contribution in [-0.2, 0) is 4.74 Å². The van der Waals surface area contributed by atoms with Crippen LogP contribution in [0, 0.1) is 0 Å². The van der Waals surface area contributed by atoms with Gasteiger partial charge in [-0.25, -0.2) is 0 Å². The molecule has 1 saturated heterocycles. The van der Waals surface area contributed by atoms with Gasteiger partial charge in [-0.15, -0.1) is 0 Å². The summed E-state index contributed by atoms with van der Waals surface area (Å²) in [6.07, 6.45) is 4.11. The third kappa shape index (κ3) is 3.67. The second-order valence-electron chi connectivity index (χ2n) is 4.77. The Kier molecular flexibility index (Phi) is 4.74. The molecular formula is C14H21N3O2. The van der Waals surface area contributed by atoms with Crippen molar-refractivity contribution in [3.63, 3.8) is 0 Å². The highest BCUT2D eigenvalue weighted by molar-refractivity contribution is 5.93. The Labute approximate surface area is 113 Å². The van der Waals surface area contributed by atoms with E-state index in [1.165, 1.54) is 0 Å². The summed E-state index contributed by atoms with van der Waals surface area (Å²) in [5.74, 6) is -0.143. The molecule has 2 N–H and O–H groups in total. The molecule has 2 rings (SSSR count). The van der Waals surface area contributed by atoms with Crippen LogP contribution in [-0.4, -0.2) is 36.2 Å². The van der Waals surface area contributed by atoms with Crippen LogP contribution in [0.15, 0.2) is 18.3 Å². The van der Waals surface area contributed by atoms with E-state index in [-0.39, 0.29) is 18.1 Å². The molecule has 5 heteroatoms. The van der Waals surface area contributed by atoms with E-state index in [0.29, 0.717) is 12.2 Å². The van der Waals surface area contributed by atoms with Crippen molar-refractivity contribution in [1.29, 1.82) is 0 Å². The topological polar surface area (TPSA) is 63.2 Å². The van der Waals surface area contributed by atoms with Gasteiger partial charge in [-0.05, 0) is 38.8 Å². The van der Waals surface area contributed by atoms with Gasteiger partial charge >= 0.3 is 0 Å². The van der Waals surface area contributed by atoms with Crippen molar-refractivity contribution in [3.8, 4) is 0 Å². The predicted molar refractivity (Wildman–Crippen MR) is 74.3 cm³/mol. The molecule has 2 atom stereocenters. The average molecular weight is 263 g/mol. The summed E-state index contributed by atoms with van der Waals surface area (Å²) < 4.78 is 5.65. The van der Waals surface area contributed by atoms with Gasteiger partial charge in [-0.3, -0.25) is 9.78 Å². The molecule has 1 fully saturated rings. The summed E-state index contributed by atoms with van der Waals surface area (Å²) in [7, 11) is 0. The third-order valence-corrected chi connectivity index (χ3v) is 3.25. The molecule has 1 aliphatic rings. The smallest absolute Gasteiger partial charge is 0.269 e. The van der Waals surface area contributed by atoms with Gasteiger partial charge in [0.1, 0.15) is 5.69 Å². The summed E-state index contributed by atoms with van der Waals surface area (Å²) >= 11 is 0. The molecule has 2 unspecified atom stereocenters. The van der Waals surface area contributed by atoms with Crippen molar-refractivity contribution >= 4 is 11.6 Å². The molecule has 0 spiro atoms. The zero-order valence-corrected chi connectivity index (χ0v) is 11.5. The molecule has 104 valence electrons. The second-order valence-corrected chi connectivity index (χ2v) is 4.77. The Morgan fingerprint density at radius 1 is 1.63 bits per heavy atom. The molecule has 19 heavy (non-hydrogen) atoms. The maximum atomic E-state index is 11.7. The number of aromatic nitrogens is 1. The highest BCUT2D eigenvalue weighted by Crippen LogP contribution is 2.19. The van der Waals surface area contributed by atoms with Crippen LogP contribution in [0.25, 0.3) is 0 Å². The van der Waals surface area contributed by atoms with E-state index in [0.717, 1.165) is 25.1 Å². The third-order valence-electron chi connectivity index (χ3n) is 3.25. The molecule has 2 heterocycles. The Balaban J connectivity index is 2.00. The number of hydrogen-bond donors (Lipinski definition) is 2. The van der Waals surface area contributed by atoms with Gasteiger partial charge in [0.15, 0.2) is 0 Å². The first kappa shape index (κ1) is 13.8. The number of carbonyl (C=O) groups excluding carboxylic acids is 1. The Hall–Kier alpha value is -1.62. The van der Waals surface area contributed by atoms with Crippen molar-refractivity contribution in [2.75, 3.05) is 18.5 Å². The number of nitrogens with zero attached hydrogens (tertiary/aromatic N) is 1. The lowest BCUT2D eigenvalue weighted by Crippen LogP contribution is -2.30. The molecule has 5 nitrogen and oxygen atoms in total. The first-order valence-electron chi connectivity index (χ1n) is 6.83. The Morgan fingerprint density at radius 2 is 2.47 bits per heavy atom. The molecule has 0 saturated carbocycles. The van der Waals surface area contributed by atoms with Crippen LogP contribution in [0.5, 0.6) is 0 Å². The zero-order chi connectivity index (χ0) is 13.7. The molecule has 0 radical (unpaired) electrons. The number of anilines is 1. The van der Waals surface area contributed by atoms with Gasteiger partial charge in [-0.1, -0.05) is 0 Å². The molecule has 0 bridgehead atoms. The number of nitrogens with one attached hydrogen (secondary N) is 2. The van der Waals surface area contributed by atoms with Crippen LogP contribution in [0.3, 0.4) is 0 Å². The van der Waals surface area contributed by atoms with Gasteiger partial charge in [0, 0.05) is 31.1 Å². The highest BCUT2D eigenvalue weighted by atomic mass is 16.5. The van der Waals surface area contributed by atoms with Crippen LogP contribution in [0.4, 0.5) is 5.69 Å². The average Bonchev–Trinajstić information content (AvgIpc) is 2.93. The van der Waals surface area contributed by atoms with Gasteiger partial charge in [-0.2, -0.15) is 0 Å². The minimum Gasteiger partial charge on any atom is -0.380 e. The molecule has 0 aliphatic carbocycles. The second kappa shape index (κ2) is 6.52. The van der Waals surface area contributed by atoms with Gasteiger partial charge < -0.3 is 15.4 Å². The largest absolute Gasteiger partial charge is 0.380 e. The minimum atomic E-state index is -0.143. The lowest BCUT2D eigenvalue weighted by Gasteiger charge is -2.21. The van der Waals surface area contributed by atoms with E-state index in [4.69, 9.17) is 4.74 Å². The van der Waals surface area contributed by atoms with E-state index in [9.17, 15) is 4.79 Å². The van der Waals surface area contributed by atoms with Crippen LogP contribution in [0.2, 0.25) is 0 Å². The monoisotopic (exact) mass is 263 g/mol. The van der Waals surface area contributed by atoms with E-state index >= 15 is 0 Å². The quantitative estimate of drug-likeness (QED) is 0.850. The van der Waals surface area contributed by atoms with E-state index in [1.807, 2.05) is 13.0 Å². The Bertz CT molecular complexity index is 430. The summed E-state index contributed by atoms with van der Waals surface area (Å²) in [4.78, 5) is 15.8. The number of rotatable bonds is 5. The lowest BCUT2D eigenvalue weighted by atomic mass is 10.1. The van der Waals surface area contributed by atoms with E-state index in [2.05, 4.69) is 22.5 Å². The van der Waals surface area contributed by atoms with Gasteiger partial charge in [0.25, 0.3) is 5.91 Å². The van der Waals surface area contributed by atoms with E-state index in [1.54, 1.807) is 12.3 Å². The standard InChI is InChI=1S/C14H21N3O2/c1-3-15-14(18)12-9-11(6-7-16-12)17-10(2)13-5-4-8-19-13/h6-7,9-10,13H,3-5,8H2,1-2H3,(H,15,18)(H,16,17). The summed E-state index contributed by atoms with van der Waals surface area (Å²) in [5, 5.41) is 6.12. The highest BCUT2D eigenvalue weighted by Gasteiger charge is 2.22. The molecular weight excluding hydrogens is 242 g/mol. The zero-order valence-electron chi connectivity index (χ0n) is 11.5. The minimum absolute atomic E-state index is 0.143. The maximum absolute atomic E-state index is 11.7. The SMILES string of the molecule is CCNC(=O)c1cc(NC(C)C2CCCO2)ccn1. The van der Waals surface area contributed by atoms with Gasteiger partial charge in [0.05, 0.1) is 6.10 Å². The summed E-state index contributed by atoms with van der Waals surface area (Å²) in [6, 6.07) is 3.87. The summed E-state index contributed by atoms with van der Waals surface area (Å²) in [5.41, 5.74) is 1.34. The lowest BCUT2D eigenvalue weighted by molar-refractivity contribution is 0.0951. The van der Waals surface area contributed by atoms with Crippen molar-refractivity contribution in [3.05, 3.63) is 24.0 Å².